The maximum atomic E-state index is 6.16. The van der Waals surface area contributed by atoms with Gasteiger partial charge in [0.25, 0.3) is 0 Å². The van der Waals surface area contributed by atoms with E-state index in [9.17, 15) is 0 Å². The third-order valence-corrected chi connectivity index (χ3v) is 4.57. The van der Waals surface area contributed by atoms with Crippen LogP contribution >= 0.6 is 11.8 Å². The summed E-state index contributed by atoms with van der Waals surface area (Å²) in [5, 5.41) is 0. The van der Waals surface area contributed by atoms with Crippen LogP contribution in [0.2, 0.25) is 0 Å². The number of benzene rings is 1. The van der Waals surface area contributed by atoms with E-state index < -0.39 is 0 Å². The van der Waals surface area contributed by atoms with Crippen LogP contribution in [0.4, 0.5) is 11.4 Å². The number of ether oxygens (including phenoxy) is 1. The minimum Gasteiger partial charge on any atom is -0.485 e. The summed E-state index contributed by atoms with van der Waals surface area (Å²) in [6.45, 7) is 4.89. The summed E-state index contributed by atoms with van der Waals surface area (Å²) >= 11 is 1.75. The van der Waals surface area contributed by atoms with Gasteiger partial charge in [0.15, 0.2) is 5.75 Å². The molecule has 1 aliphatic rings. The highest BCUT2D eigenvalue weighted by molar-refractivity contribution is 7.99. The van der Waals surface area contributed by atoms with E-state index in [0.717, 1.165) is 45.4 Å². The molecule has 1 aromatic carbocycles. The SMILES string of the molecule is Cc1c(C)c(N)c2c(c1N)OC(CN(C)C)CS2. The predicted molar refractivity (Wildman–Crippen MR) is 78.4 cm³/mol. The largest absolute Gasteiger partial charge is 0.485 e. The average Bonchev–Trinajstić information content (AvgIpc) is 2.33. The first-order valence-electron chi connectivity index (χ1n) is 6.04. The van der Waals surface area contributed by atoms with Crippen LogP contribution in [0.15, 0.2) is 4.90 Å². The third-order valence-electron chi connectivity index (χ3n) is 3.33. The second-order valence-corrected chi connectivity index (χ2v) is 6.08. The van der Waals surface area contributed by atoms with Crippen LogP contribution in [0.25, 0.3) is 0 Å². The zero-order valence-corrected chi connectivity index (χ0v) is 12.2. The van der Waals surface area contributed by atoms with Crippen molar-refractivity contribution in [2.24, 2.45) is 0 Å². The molecule has 18 heavy (non-hydrogen) atoms. The molecule has 5 heteroatoms. The van der Waals surface area contributed by atoms with Crippen LogP contribution in [0.3, 0.4) is 0 Å². The van der Waals surface area contributed by atoms with E-state index in [0.29, 0.717) is 0 Å². The topological polar surface area (TPSA) is 64.5 Å². The fourth-order valence-corrected chi connectivity index (χ4v) is 3.25. The van der Waals surface area contributed by atoms with Gasteiger partial charge in [-0.2, -0.15) is 0 Å². The summed E-state index contributed by atoms with van der Waals surface area (Å²) in [4.78, 5) is 3.13. The lowest BCUT2D eigenvalue weighted by Crippen LogP contribution is -2.35. The molecule has 0 bridgehead atoms. The Morgan fingerprint density at radius 3 is 2.44 bits per heavy atom. The van der Waals surface area contributed by atoms with E-state index in [4.69, 9.17) is 16.2 Å². The Labute approximate surface area is 113 Å². The summed E-state index contributed by atoms with van der Waals surface area (Å²) in [6, 6.07) is 0. The first-order valence-corrected chi connectivity index (χ1v) is 7.02. The molecule has 1 aliphatic heterocycles. The standard InChI is InChI=1S/C13H21N3OS/c1-7-8(2)11(15)13-12(10(7)14)17-9(6-18-13)5-16(3)4/h9H,5-6,14-15H2,1-4H3. The molecule has 100 valence electrons. The molecule has 1 atom stereocenters. The minimum atomic E-state index is 0.168. The molecule has 0 fully saturated rings. The zero-order valence-electron chi connectivity index (χ0n) is 11.4. The molecule has 1 unspecified atom stereocenters. The lowest BCUT2D eigenvalue weighted by Gasteiger charge is -2.30. The van der Waals surface area contributed by atoms with Gasteiger partial charge >= 0.3 is 0 Å². The van der Waals surface area contributed by atoms with Gasteiger partial charge < -0.3 is 21.1 Å². The van der Waals surface area contributed by atoms with Crippen LogP contribution in [-0.4, -0.2) is 37.4 Å². The number of fused-ring (bicyclic) bond motifs is 1. The number of thioether (sulfide) groups is 1. The Kier molecular flexibility index (Phi) is 3.64. The molecular weight excluding hydrogens is 246 g/mol. The lowest BCUT2D eigenvalue weighted by atomic mass is 10.1. The van der Waals surface area contributed by atoms with Crippen molar-refractivity contribution in [3.05, 3.63) is 11.1 Å². The summed E-state index contributed by atoms with van der Waals surface area (Å²) in [7, 11) is 4.09. The summed E-state index contributed by atoms with van der Waals surface area (Å²) < 4.78 is 6.02. The molecule has 0 amide bonds. The Bertz CT molecular complexity index is 474. The van der Waals surface area contributed by atoms with E-state index in [-0.39, 0.29) is 6.10 Å². The van der Waals surface area contributed by atoms with Crippen molar-refractivity contribution < 1.29 is 4.74 Å². The van der Waals surface area contributed by atoms with Crippen LogP contribution < -0.4 is 16.2 Å². The minimum absolute atomic E-state index is 0.168. The van der Waals surface area contributed by atoms with Gasteiger partial charge in [0.1, 0.15) is 6.10 Å². The van der Waals surface area contributed by atoms with Gasteiger partial charge in [0.2, 0.25) is 0 Å². The lowest BCUT2D eigenvalue weighted by molar-refractivity contribution is 0.174. The van der Waals surface area contributed by atoms with Gasteiger partial charge in [-0.1, -0.05) is 0 Å². The third kappa shape index (κ3) is 2.24. The molecule has 0 spiro atoms. The summed E-state index contributed by atoms with van der Waals surface area (Å²) in [6.07, 6.45) is 0.168. The van der Waals surface area contributed by atoms with Crippen LogP contribution in [0, 0.1) is 13.8 Å². The predicted octanol–water partition coefficient (Wildman–Crippen LogP) is 1.88. The fourth-order valence-electron chi connectivity index (χ4n) is 2.12. The normalized spacial score (nSPS) is 18.6. The van der Waals surface area contributed by atoms with Gasteiger partial charge in [-0.25, -0.2) is 0 Å². The van der Waals surface area contributed by atoms with Crippen LogP contribution in [0.5, 0.6) is 5.75 Å². The van der Waals surface area contributed by atoms with Crippen molar-refractivity contribution in [1.82, 2.24) is 4.90 Å². The molecule has 1 aromatic rings. The Morgan fingerprint density at radius 1 is 1.22 bits per heavy atom. The van der Waals surface area contributed by atoms with Crippen LogP contribution in [0.1, 0.15) is 11.1 Å². The van der Waals surface area contributed by atoms with E-state index in [1.807, 2.05) is 27.9 Å². The first kappa shape index (κ1) is 13.4. The van der Waals surface area contributed by atoms with Gasteiger partial charge in [-0.3, -0.25) is 0 Å². The van der Waals surface area contributed by atoms with Gasteiger partial charge in [-0.15, -0.1) is 11.8 Å². The number of nitrogens with zero attached hydrogens (tertiary/aromatic N) is 1. The first-order chi connectivity index (χ1) is 8.41. The van der Waals surface area contributed by atoms with E-state index >= 15 is 0 Å². The quantitative estimate of drug-likeness (QED) is 0.801. The average molecular weight is 267 g/mol. The van der Waals surface area contributed by atoms with Crippen molar-refractivity contribution in [2.45, 2.75) is 24.8 Å². The van der Waals surface area contributed by atoms with E-state index in [2.05, 4.69) is 4.90 Å². The number of nitrogens with two attached hydrogens (primary N) is 2. The van der Waals surface area contributed by atoms with Crippen molar-refractivity contribution in [3.8, 4) is 5.75 Å². The monoisotopic (exact) mass is 267 g/mol. The molecule has 2 rings (SSSR count). The molecular formula is C13H21N3OS. The molecule has 0 aromatic heterocycles. The van der Waals surface area contributed by atoms with Crippen molar-refractivity contribution in [1.29, 1.82) is 0 Å². The smallest absolute Gasteiger partial charge is 0.158 e. The molecule has 1 heterocycles. The van der Waals surface area contributed by atoms with Crippen molar-refractivity contribution >= 4 is 23.1 Å². The number of hydrogen-bond donors (Lipinski definition) is 2. The van der Waals surface area contributed by atoms with Gasteiger partial charge in [0, 0.05) is 12.3 Å². The summed E-state index contributed by atoms with van der Waals surface area (Å²) in [5.74, 6) is 1.69. The molecule has 0 aliphatic carbocycles. The van der Waals surface area contributed by atoms with Crippen molar-refractivity contribution in [2.75, 3.05) is 37.9 Å². The van der Waals surface area contributed by atoms with E-state index in [1.54, 1.807) is 11.8 Å². The van der Waals surface area contributed by atoms with Crippen molar-refractivity contribution in [3.63, 3.8) is 0 Å². The number of hydrogen-bond acceptors (Lipinski definition) is 5. The second kappa shape index (κ2) is 4.90. The highest BCUT2D eigenvalue weighted by Gasteiger charge is 2.27. The maximum absolute atomic E-state index is 6.16. The highest BCUT2D eigenvalue weighted by Crippen LogP contribution is 2.46. The van der Waals surface area contributed by atoms with Gasteiger partial charge in [-0.05, 0) is 39.1 Å². The molecule has 0 saturated heterocycles. The zero-order chi connectivity index (χ0) is 13.4. The maximum Gasteiger partial charge on any atom is 0.158 e. The Morgan fingerprint density at radius 2 is 1.83 bits per heavy atom. The second-order valence-electron chi connectivity index (χ2n) is 5.05. The number of anilines is 2. The molecule has 0 saturated carbocycles. The summed E-state index contributed by atoms with van der Waals surface area (Å²) in [5.41, 5.74) is 15.9. The van der Waals surface area contributed by atoms with Crippen LogP contribution in [-0.2, 0) is 0 Å². The number of rotatable bonds is 2. The fraction of sp³-hybridized carbons (Fsp3) is 0.538. The highest BCUT2D eigenvalue weighted by atomic mass is 32.2. The molecule has 4 nitrogen and oxygen atoms in total. The number of nitrogen functional groups attached to an aromatic ring is 2. The Hall–Kier alpha value is -1.07. The number of likely N-dealkylation sites (N-methyl/N-ethyl adjacent to an activating group) is 1. The molecule has 4 N–H and O–H groups in total. The van der Waals surface area contributed by atoms with Gasteiger partial charge in [0.05, 0.1) is 16.3 Å². The molecule has 0 radical (unpaired) electrons. The van der Waals surface area contributed by atoms with E-state index in [1.165, 1.54) is 0 Å². The Balaban J connectivity index is 2.38.